The molecule has 6 heteroatoms. The van der Waals surface area contributed by atoms with E-state index >= 15 is 0 Å². The first-order chi connectivity index (χ1) is 12.6. The van der Waals surface area contributed by atoms with Gasteiger partial charge in [-0.3, -0.25) is 4.79 Å². The summed E-state index contributed by atoms with van der Waals surface area (Å²) in [4.78, 5) is 12.4. The minimum atomic E-state index is -0.337. The summed E-state index contributed by atoms with van der Waals surface area (Å²) in [5, 5.41) is 16.3. The average molecular weight is 354 g/mol. The van der Waals surface area contributed by atoms with Crippen LogP contribution in [-0.4, -0.2) is 36.0 Å². The molecule has 0 aromatic heterocycles. The standard InChI is InChI=1S/C20H22N2O4/c1-4-20(24)22-18(16-7-5-6-8-19(16)23)12-17(21-22)13-9-14(25-2)11-15(10-13)26-3/h5-11,18,23H,4,12H2,1-3H3. The minimum Gasteiger partial charge on any atom is -0.508 e. The van der Waals surface area contributed by atoms with Crippen molar-refractivity contribution in [1.29, 1.82) is 0 Å². The molecule has 2 aromatic carbocycles. The Hall–Kier alpha value is -3.02. The van der Waals surface area contributed by atoms with Gasteiger partial charge in [0.15, 0.2) is 0 Å². The third-order valence-corrected chi connectivity index (χ3v) is 4.45. The molecule has 0 saturated carbocycles. The monoisotopic (exact) mass is 354 g/mol. The van der Waals surface area contributed by atoms with E-state index in [9.17, 15) is 9.90 Å². The molecule has 0 aliphatic carbocycles. The van der Waals surface area contributed by atoms with Crippen molar-refractivity contribution < 1.29 is 19.4 Å². The molecule has 0 radical (unpaired) electrons. The Labute approximate surface area is 152 Å². The van der Waals surface area contributed by atoms with E-state index < -0.39 is 0 Å². The lowest BCUT2D eigenvalue weighted by Crippen LogP contribution is -2.26. The predicted octanol–water partition coefficient (Wildman–Crippen LogP) is 3.50. The Morgan fingerprint density at radius 3 is 2.42 bits per heavy atom. The van der Waals surface area contributed by atoms with E-state index in [-0.39, 0.29) is 17.7 Å². The highest BCUT2D eigenvalue weighted by Gasteiger charge is 2.34. The molecule has 1 unspecified atom stereocenters. The van der Waals surface area contributed by atoms with Crippen molar-refractivity contribution in [2.75, 3.05) is 14.2 Å². The largest absolute Gasteiger partial charge is 0.508 e. The van der Waals surface area contributed by atoms with Gasteiger partial charge in [-0.1, -0.05) is 25.1 Å². The summed E-state index contributed by atoms with van der Waals surface area (Å²) in [7, 11) is 3.18. The van der Waals surface area contributed by atoms with E-state index in [1.165, 1.54) is 5.01 Å². The first-order valence-corrected chi connectivity index (χ1v) is 8.48. The van der Waals surface area contributed by atoms with Crippen molar-refractivity contribution >= 4 is 11.6 Å². The van der Waals surface area contributed by atoms with E-state index in [2.05, 4.69) is 5.10 Å². The molecule has 1 amide bonds. The number of hydrazone groups is 1. The van der Waals surface area contributed by atoms with Gasteiger partial charge in [0.1, 0.15) is 17.2 Å². The smallest absolute Gasteiger partial charge is 0.242 e. The highest BCUT2D eigenvalue weighted by molar-refractivity contribution is 6.03. The van der Waals surface area contributed by atoms with E-state index in [0.29, 0.717) is 29.9 Å². The van der Waals surface area contributed by atoms with Crippen LogP contribution in [0.1, 0.15) is 36.9 Å². The molecule has 2 aromatic rings. The number of amides is 1. The Morgan fingerprint density at radius 2 is 1.85 bits per heavy atom. The van der Waals surface area contributed by atoms with Crippen LogP contribution in [0.15, 0.2) is 47.6 Å². The van der Waals surface area contributed by atoms with Crippen molar-refractivity contribution in [2.45, 2.75) is 25.8 Å². The minimum absolute atomic E-state index is 0.0943. The second-order valence-electron chi connectivity index (χ2n) is 6.02. The van der Waals surface area contributed by atoms with Crippen molar-refractivity contribution in [2.24, 2.45) is 5.10 Å². The fourth-order valence-corrected chi connectivity index (χ4v) is 3.06. The van der Waals surface area contributed by atoms with Crippen LogP contribution in [0, 0.1) is 0 Å². The predicted molar refractivity (Wildman–Crippen MR) is 98.7 cm³/mol. The maximum Gasteiger partial charge on any atom is 0.242 e. The molecular weight excluding hydrogens is 332 g/mol. The van der Waals surface area contributed by atoms with Crippen molar-refractivity contribution in [3.63, 3.8) is 0 Å². The third kappa shape index (κ3) is 3.35. The number of rotatable bonds is 5. The van der Waals surface area contributed by atoms with Crippen LogP contribution in [0.5, 0.6) is 17.2 Å². The molecule has 0 fully saturated rings. The van der Waals surface area contributed by atoms with E-state index in [0.717, 1.165) is 11.3 Å². The number of ether oxygens (including phenoxy) is 2. The fourth-order valence-electron chi connectivity index (χ4n) is 3.06. The van der Waals surface area contributed by atoms with Crippen LogP contribution in [-0.2, 0) is 4.79 Å². The molecule has 26 heavy (non-hydrogen) atoms. The van der Waals surface area contributed by atoms with Gasteiger partial charge in [0, 0.05) is 30.0 Å². The van der Waals surface area contributed by atoms with Gasteiger partial charge in [-0.15, -0.1) is 0 Å². The Balaban J connectivity index is 2.02. The number of hydrogen-bond acceptors (Lipinski definition) is 5. The van der Waals surface area contributed by atoms with Gasteiger partial charge < -0.3 is 14.6 Å². The SMILES string of the molecule is CCC(=O)N1N=C(c2cc(OC)cc(OC)c2)CC1c1ccccc1O. The maximum absolute atomic E-state index is 12.4. The van der Waals surface area contributed by atoms with Gasteiger partial charge >= 0.3 is 0 Å². The van der Waals surface area contributed by atoms with Gasteiger partial charge in [0.25, 0.3) is 0 Å². The number of nitrogens with zero attached hydrogens (tertiary/aromatic N) is 2. The van der Waals surface area contributed by atoms with Gasteiger partial charge in [0.05, 0.1) is 26.0 Å². The molecule has 1 N–H and O–H groups in total. The zero-order chi connectivity index (χ0) is 18.7. The van der Waals surface area contributed by atoms with Crippen molar-refractivity contribution in [1.82, 2.24) is 5.01 Å². The Bertz CT molecular complexity index is 825. The molecule has 136 valence electrons. The summed E-state index contributed by atoms with van der Waals surface area (Å²) in [6, 6.07) is 12.2. The summed E-state index contributed by atoms with van der Waals surface area (Å²) < 4.78 is 10.7. The van der Waals surface area contributed by atoms with E-state index in [1.54, 1.807) is 39.3 Å². The number of methoxy groups -OCH3 is 2. The zero-order valence-corrected chi connectivity index (χ0v) is 15.1. The molecule has 0 spiro atoms. The first kappa shape index (κ1) is 17.8. The van der Waals surface area contributed by atoms with Crippen molar-refractivity contribution in [3.05, 3.63) is 53.6 Å². The number of para-hydroxylation sites is 1. The molecule has 1 aliphatic rings. The topological polar surface area (TPSA) is 71.4 Å². The second-order valence-corrected chi connectivity index (χ2v) is 6.02. The number of hydrogen-bond donors (Lipinski definition) is 1. The summed E-state index contributed by atoms with van der Waals surface area (Å²) in [5.41, 5.74) is 2.26. The maximum atomic E-state index is 12.4. The molecule has 1 aliphatic heterocycles. The van der Waals surface area contributed by atoms with Gasteiger partial charge in [0.2, 0.25) is 5.91 Å². The number of benzene rings is 2. The summed E-state index contributed by atoms with van der Waals surface area (Å²) in [6.07, 6.45) is 0.835. The highest BCUT2D eigenvalue weighted by atomic mass is 16.5. The number of phenols is 1. The molecule has 1 atom stereocenters. The van der Waals surface area contributed by atoms with Crippen molar-refractivity contribution in [3.8, 4) is 17.2 Å². The highest BCUT2D eigenvalue weighted by Crippen LogP contribution is 2.38. The molecule has 0 saturated heterocycles. The molecule has 1 heterocycles. The van der Waals surface area contributed by atoms with Crippen LogP contribution >= 0.6 is 0 Å². The zero-order valence-electron chi connectivity index (χ0n) is 15.1. The van der Waals surface area contributed by atoms with Crippen LogP contribution in [0.25, 0.3) is 0 Å². The lowest BCUT2D eigenvalue weighted by molar-refractivity contribution is -0.132. The molecule has 3 rings (SSSR count). The molecule has 6 nitrogen and oxygen atoms in total. The molecular formula is C20H22N2O4. The number of carbonyl (C=O) groups is 1. The normalized spacial score (nSPS) is 16.3. The Morgan fingerprint density at radius 1 is 1.19 bits per heavy atom. The number of aromatic hydroxyl groups is 1. The fraction of sp³-hybridized carbons (Fsp3) is 0.300. The average Bonchev–Trinajstić information content (AvgIpc) is 3.12. The lowest BCUT2D eigenvalue weighted by atomic mass is 9.97. The van der Waals surface area contributed by atoms with Gasteiger partial charge in [-0.25, -0.2) is 5.01 Å². The van der Waals surface area contributed by atoms with Gasteiger partial charge in [-0.05, 0) is 18.2 Å². The quantitative estimate of drug-likeness (QED) is 0.892. The summed E-state index contributed by atoms with van der Waals surface area (Å²) in [5.74, 6) is 1.37. The Kier molecular flexibility index (Phi) is 5.11. The summed E-state index contributed by atoms with van der Waals surface area (Å²) >= 11 is 0. The van der Waals surface area contributed by atoms with Gasteiger partial charge in [-0.2, -0.15) is 5.10 Å². The van der Waals surface area contributed by atoms with Crippen LogP contribution < -0.4 is 9.47 Å². The number of phenolic OH excluding ortho intramolecular Hbond substituents is 1. The summed E-state index contributed by atoms with van der Waals surface area (Å²) in [6.45, 7) is 1.80. The lowest BCUT2D eigenvalue weighted by Gasteiger charge is -2.22. The van der Waals surface area contributed by atoms with E-state index in [1.807, 2.05) is 24.3 Å². The van der Waals surface area contributed by atoms with E-state index in [4.69, 9.17) is 9.47 Å². The second kappa shape index (κ2) is 7.47. The van der Waals surface area contributed by atoms with Crippen LogP contribution in [0.4, 0.5) is 0 Å². The van der Waals surface area contributed by atoms with Crippen LogP contribution in [0.2, 0.25) is 0 Å². The number of carbonyl (C=O) groups excluding carboxylic acids is 1. The third-order valence-electron chi connectivity index (χ3n) is 4.45. The first-order valence-electron chi connectivity index (χ1n) is 8.48. The molecule has 0 bridgehead atoms. The van der Waals surface area contributed by atoms with Crippen LogP contribution in [0.3, 0.4) is 0 Å².